The van der Waals surface area contributed by atoms with Crippen molar-refractivity contribution in [2.24, 2.45) is 0 Å². The van der Waals surface area contributed by atoms with Gasteiger partial charge in [0, 0.05) is 18.8 Å². The Hall–Kier alpha value is -2.40. The lowest BCUT2D eigenvalue weighted by molar-refractivity contribution is -0.114. The minimum Gasteiger partial charge on any atom is -0.344 e. The number of rotatable bonds is 5. The van der Waals surface area contributed by atoms with E-state index in [0.717, 1.165) is 11.3 Å². The largest absolute Gasteiger partial charge is 0.344 e. The van der Waals surface area contributed by atoms with E-state index >= 15 is 0 Å². The first-order chi connectivity index (χ1) is 11.4. The molecule has 1 aromatic heterocycles. The molecule has 0 radical (unpaired) electrons. The summed E-state index contributed by atoms with van der Waals surface area (Å²) in [4.78, 5) is 28.1. The van der Waals surface area contributed by atoms with Crippen LogP contribution in [-0.4, -0.2) is 16.8 Å². The first kappa shape index (κ1) is 17.9. The zero-order chi connectivity index (χ0) is 17.7. The second-order valence-corrected chi connectivity index (χ2v) is 5.98. The van der Waals surface area contributed by atoms with Crippen molar-refractivity contribution in [1.29, 1.82) is 0 Å². The van der Waals surface area contributed by atoms with Crippen LogP contribution in [0.2, 0.25) is 5.02 Å². The minimum absolute atomic E-state index is 0.209. The highest BCUT2D eigenvalue weighted by Gasteiger charge is 2.18. The maximum absolute atomic E-state index is 12.6. The van der Waals surface area contributed by atoms with E-state index in [-0.39, 0.29) is 17.9 Å². The van der Waals surface area contributed by atoms with E-state index in [1.54, 1.807) is 24.4 Å². The van der Waals surface area contributed by atoms with Gasteiger partial charge in [0.15, 0.2) is 0 Å². The van der Waals surface area contributed by atoms with Crippen molar-refractivity contribution in [3.8, 4) is 0 Å². The predicted molar refractivity (Wildman–Crippen MR) is 95.2 cm³/mol. The van der Waals surface area contributed by atoms with Gasteiger partial charge in [-0.25, -0.2) is 0 Å². The van der Waals surface area contributed by atoms with Crippen LogP contribution in [0.15, 0.2) is 36.5 Å². The van der Waals surface area contributed by atoms with Crippen molar-refractivity contribution in [3.05, 3.63) is 58.4 Å². The third-order valence-corrected chi connectivity index (χ3v) is 3.87. The lowest BCUT2D eigenvalue weighted by Crippen LogP contribution is -2.29. The molecule has 2 aromatic rings. The molecule has 2 rings (SSSR count). The van der Waals surface area contributed by atoms with Crippen molar-refractivity contribution in [2.45, 2.75) is 33.2 Å². The monoisotopic (exact) mass is 345 g/mol. The summed E-state index contributed by atoms with van der Waals surface area (Å²) < 4.78 is 0. The summed E-state index contributed by atoms with van der Waals surface area (Å²) in [6.07, 6.45) is 2.43. The van der Waals surface area contributed by atoms with Gasteiger partial charge in [0.1, 0.15) is 0 Å². The maximum atomic E-state index is 12.6. The van der Waals surface area contributed by atoms with Crippen LogP contribution in [0.3, 0.4) is 0 Å². The SMILES string of the molecule is CC[C@H](NC(=O)c1cc(NC(C)=O)ccc1Cl)c1cc(C)ccn1. The Balaban J connectivity index is 2.23. The third-order valence-electron chi connectivity index (χ3n) is 3.54. The van der Waals surface area contributed by atoms with E-state index in [4.69, 9.17) is 11.6 Å². The molecule has 0 saturated carbocycles. The molecule has 2 amide bonds. The number of hydrogen-bond acceptors (Lipinski definition) is 3. The molecule has 1 heterocycles. The van der Waals surface area contributed by atoms with Gasteiger partial charge in [-0.15, -0.1) is 0 Å². The Morgan fingerprint density at radius 1 is 1.25 bits per heavy atom. The van der Waals surface area contributed by atoms with Gasteiger partial charge in [-0.1, -0.05) is 18.5 Å². The predicted octanol–water partition coefficient (Wildman–Crippen LogP) is 3.88. The van der Waals surface area contributed by atoms with Crippen molar-refractivity contribution < 1.29 is 9.59 Å². The fourth-order valence-corrected chi connectivity index (χ4v) is 2.55. The normalized spacial score (nSPS) is 11.7. The number of aromatic nitrogens is 1. The molecule has 0 aliphatic heterocycles. The Bertz CT molecular complexity index is 762. The number of halogens is 1. The highest BCUT2D eigenvalue weighted by Crippen LogP contribution is 2.22. The van der Waals surface area contributed by atoms with Gasteiger partial charge in [-0.2, -0.15) is 0 Å². The summed E-state index contributed by atoms with van der Waals surface area (Å²) >= 11 is 6.14. The maximum Gasteiger partial charge on any atom is 0.253 e. The van der Waals surface area contributed by atoms with Crippen molar-refractivity contribution in [2.75, 3.05) is 5.32 Å². The number of benzene rings is 1. The van der Waals surface area contributed by atoms with E-state index in [1.165, 1.54) is 6.92 Å². The first-order valence-corrected chi connectivity index (χ1v) is 8.09. The molecule has 6 heteroatoms. The molecule has 24 heavy (non-hydrogen) atoms. The van der Waals surface area contributed by atoms with Gasteiger partial charge in [0.25, 0.3) is 5.91 Å². The molecule has 1 aromatic carbocycles. The van der Waals surface area contributed by atoms with Crippen LogP contribution in [-0.2, 0) is 4.79 Å². The standard InChI is InChI=1S/C18H20ClN3O2/c1-4-16(17-9-11(2)7-8-20-17)22-18(24)14-10-13(21-12(3)23)5-6-15(14)19/h5-10,16H,4H2,1-3H3,(H,21,23)(H,22,24)/t16-/m0/s1. The minimum atomic E-state index is -0.303. The molecule has 5 nitrogen and oxygen atoms in total. The van der Waals surface area contributed by atoms with Crippen molar-refractivity contribution in [1.82, 2.24) is 10.3 Å². The van der Waals surface area contributed by atoms with Gasteiger partial charge in [-0.3, -0.25) is 14.6 Å². The fourth-order valence-electron chi connectivity index (χ4n) is 2.35. The highest BCUT2D eigenvalue weighted by atomic mass is 35.5. The van der Waals surface area contributed by atoms with E-state index in [1.807, 2.05) is 26.0 Å². The molecule has 0 bridgehead atoms. The average molecular weight is 346 g/mol. The molecular formula is C18H20ClN3O2. The van der Waals surface area contributed by atoms with Crippen LogP contribution in [0.1, 0.15) is 47.9 Å². The van der Waals surface area contributed by atoms with Crippen LogP contribution in [0.4, 0.5) is 5.69 Å². The molecule has 0 unspecified atom stereocenters. The Morgan fingerprint density at radius 2 is 2.00 bits per heavy atom. The zero-order valence-electron chi connectivity index (χ0n) is 13.9. The smallest absolute Gasteiger partial charge is 0.253 e. The number of anilines is 1. The topological polar surface area (TPSA) is 71.1 Å². The number of pyridine rings is 1. The summed E-state index contributed by atoms with van der Waals surface area (Å²) in [7, 11) is 0. The van der Waals surface area contributed by atoms with Gasteiger partial charge in [0.05, 0.1) is 22.3 Å². The number of nitrogens with one attached hydrogen (secondary N) is 2. The Kier molecular flexibility index (Phi) is 5.93. The first-order valence-electron chi connectivity index (χ1n) is 7.71. The fraction of sp³-hybridized carbons (Fsp3) is 0.278. The zero-order valence-corrected chi connectivity index (χ0v) is 14.6. The molecule has 0 saturated heterocycles. The van der Waals surface area contributed by atoms with Crippen LogP contribution >= 0.6 is 11.6 Å². The number of carbonyl (C=O) groups excluding carboxylic acids is 2. The van der Waals surface area contributed by atoms with Crippen molar-refractivity contribution in [3.63, 3.8) is 0 Å². The van der Waals surface area contributed by atoms with Gasteiger partial charge in [-0.05, 0) is 49.2 Å². The lowest BCUT2D eigenvalue weighted by atomic mass is 10.1. The highest BCUT2D eigenvalue weighted by molar-refractivity contribution is 6.34. The summed E-state index contributed by atoms with van der Waals surface area (Å²) in [6.45, 7) is 5.36. The Morgan fingerprint density at radius 3 is 2.62 bits per heavy atom. The third kappa shape index (κ3) is 4.55. The molecule has 126 valence electrons. The Labute approximate surface area is 146 Å². The van der Waals surface area contributed by atoms with Crippen LogP contribution in [0, 0.1) is 6.92 Å². The molecule has 0 aliphatic carbocycles. The second kappa shape index (κ2) is 7.93. The van der Waals surface area contributed by atoms with E-state index < -0.39 is 0 Å². The molecular weight excluding hydrogens is 326 g/mol. The van der Waals surface area contributed by atoms with Gasteiger partial charge >= 0.3 is 0 Å². The molecule has 2 N–H and O–H groups in total. The van der Waals surface area contributed by atoms with Gasteiger partial charge in [0.2, 0.25) is 5.91 Å². The van der Waals surface area contributed by atoms with E-state index in [0.29, 0.717) is 22.7 Å². The number of hydrogen-bond donors (Lipinski definition) is 2. The molecule has 0 fully saturated rings. The summed E-state index contributed by atoms with van der Waals surface area (Å²) in [5.74, 6) is -0.513. The van der Waals surface area contributed by atoms with E-state index in [9.17, 15) is 9.59 Å². The second-order valence-electron chi connectivity index (χ2n) is 5.57. The lowest BCUT2D eigenvalue weighted by Gasteiger charge is -2.18. The summed E-state index contributed by atoms with van der Waals surface area (Å²) in [6, 6.07) is 8.45. The summed E-state index contributed by atoms with van der Waals surface area (Å²) in [5, 5.41) is 5.92. The van der Waals surface area contributed by atoms with Gasteiger partial charge < -0.3 is 10.6 Å². The number of nitrogens with zero attached hydrogens (tertiary/aromatic N) is 1. The van der Waals surface area contributed by atoms with Crippen LogP contribution in [0.25, 0.3) is 0 Å². The molecule has 0 aliphatic rings. The average Bonchev–Trinajstić information content (AvgIpc) is 2.53. The number of aryl methyl sites for hydroxylation is 1. The summed E-state index contributed by atoms with van der Waals surface area (Å²) in [5.41, 5.74) is 2.73. The van der Waals surface area contributed by atoms with Crippen LogP contribution < -0.4 is 10.6 Å². The molecule has 0 spiro atoms. The van der Waals surface area contributed by atoms with E-state index in [2.05, 4.69) is 15.6 Å². The quantitative estimate of drug-likeness (QED) is 0.863. The molecule has 1 atom stereocenters. The number of amides is 2. The van der Waals surface area contributed by atoms with Crippen molar-refractivity contribution >= 4 is 29.1 Å². The van der Waals surface area contributed by atoms with Crippen LogP contribution in [0.5, 0.6) is 0 Å². The number of carbonyl (C=O) groups is 2.